The summed E-state index contributed by atoms with van der Waals surface area (Å²) in [5, 5.41) is 4.55. The molecule has 0 fully saturated rings. The molecular weight excluding hydrogens is 574 g/mol. The second kappa shape index (κ2) is 11.2. The van der Waals surface area contributed by atoms with Gasteiger partial charge >= 0.3 is 0 Å². The predicted molar refractivity (Wildman–Crippen MR) is 192 cm³/mol. The molecule has 2 aromatic heterocycles. The minimum absolute atomic E-state index is 0.568. The van der Waals surface area contributed by atoms with E-state index in [1.165, 1.54) is 16.3 Å². The van der Waals surface area contributed by atoms with Crippen LogP contribution in [0.5, 0.6) is 0 Å². The summed E-state index contributed by atoms with van der Waals surface area (Å²) < 4.78 is 6.41. The molecule has 220 valence electrons. The summed E-state index contributed by atoms with van der Waals surface area (Å²) in [5.41, 5.74) is 8.84. The van der Waals surface area contributed by atoms with Gasteiger partial charge in [0.2, 0.25) is 0 Å². The van der Waals surface area contributed by atoms with Gasteiger partial charge in [-0.3, -0.25) is 0 Å². The molecule has 0 bridgehead atoms. The van der Waals surface area contributed by atoms with E-state index in [1.54, 1.807) is 0 Å². The van der Waals surface area contributed by atoms with Crippen molar-refractivity contribution < 1.29 is 4.42 Å². The lowest BCUT2D eigenvalue weighted by molar-refractivity contribution is 0.669. The van der Waals surface area contributed by atoms with Crippen LogP contribution in [0.4, 0.5) is 0 Å². The molecule has 47 heavy (non-hydrogen) atoms. The SMILES string of the molecule is c1ccc(-c2cccc(-c3nc(-c4ccc(-c5cccc6ccccc56)cc4)nc(-c4cccc5c4oc4ccccc45)n3)c2)cc1. The Bertz CT molecular complexity index is 2560. The molecule has 0 aliphatic rings. The minimum atomic E-state index is 0.568. The van der Waals surface area contributed by atoms with Gasteiger partial charge in [-0.2, -0.15) is 0 Å². The number of fused-ring (bicyclic) bond motifs is 4. The van der Waals surface area contributed by atoms with Crippen molar-refractivity contribution in [3.05, 3.63) is 164 Å². The van der Waals surface area contributed by atoms with Gasteiger partial charge in [-0.1, -0.05) is 146 Å². The van der Waals surface area contributed by atoms with Gasteiger partial charge in [0.15, 0.2) is 17.5 Å². The average Bonchev–Trinajstić information content (AvgIpc) is 3.54. The smallest absolute Gasteiger partial charge is 0.167 e. The van der Waals surface area contributed by atoms with Crippen molar-refractivity contribution in [1.82, 2.24) is 15.0 Å². The molecule has 2 heterocycles. The molecular formula is C43H27N3O. The normalized spacial score (nSPS) is 11.4. The van der Waals surface area contributed by atoms with Gasteiger partial charge in [-0.25, -0.2) is 15.0 Å². The number of para-hydroxylation sites is 2. The second-order valence-electron chi connectivity index (χ2n) is 11.6. The van der Waals surface area contributed by atoms with Gasteiger partial charge in [0.05, 0.1) is 5.56 Å². The zero-order valence-electron chi connectivity index (χ0n) is 25.3. The first-order chi connectivity index (χ1) is 23.3. The van der Waals surface area contributed by atoms with Crippen molar-refractivity contribution in [3.8, 4) is 56.4 Å². The van der Waals surface area contributed by atoms with E-state index < -0.39 is 0 Å². The highest BCUT2D eigenvalue weighted by Crippen LogP contribution is 2.36. The molecule has 0 saturated heterocycles. The number of hydrogen-bond donors (Lipinski definition) is 0. The average molecular weight is 602 g/mol. The Hall–Kier alpha value is -6.39. The van der Waals surface area contributed by atoms with Crippen molar-refractivity contribution in [2.24, 2.45) is 0 Å². The van der Waals surface area contributed by atoms with Crippen molar-refractivity contribution in [1.29, 1.82) is 0 Å². The van der Waals surface area contributed by atoms with Crippen molar-refractivity contribution in [2.75, 3.05) is 0 Å². The molecule has 9 aromatic rings. The second-order valence-corrected chi connectivity index (χ2v) is 11.6. The molecule has 0 spiro atoms. The van der Waals surface area contributed by atoms with Crippen LogP contribution in [-0.2, 0) is 0 Å². The van der Waals surface area contributed by atoms with Crippen LogP contribution in [0.3, 0.4) is 0 Å². The first-order valence-electron chi connectivity index (χ1n) is 15.7. The highest BCUT2D eigenvalue weighted by Gasteiger charge is 2.18. The molecule has 0 amide bonds. The van der Waals surface area contributed by atoms with E-state index >= 15 is 0 Å². The molecule has 7 aromatic carbocycles. The maximum absolute atomic E-state index is 6.41. The molecule has 0 saturated carbocycles. The molecule has 9 rings (SSSR count). The fourth-order valence-electron chi connectivity index (χ4n) is 6.42. The van der Waals surface area contributed by atoms with Gasteiger partial charge in [-0.05, 0) is 51.2 Å². The van der Waals surface area contributed by atoms with Crippen LogP contribution < -0.4 is 0 Å². The third kappa shape index (κ3) is 4.84. The predicted octanol–water partition coefficient (Wildman–Crippen LogP) is 11.3. The zero-order valence-corrected chi connectivity index (χ0v) is 25.3. The van der Waals surface area contributed by atoms with E-state index in [2.05, 4.69) is 127 Å². The number of hydrogen-bond acceptors (Lipinski definition) is 4. The van der Waals surface area contributed by atoms with Crippen molar-refractivity contribution in [3.63, 3.8) is 0 Å². The van der Waals surface area contributed by atoms with Gasteiger partial charge in [0.25, 0.3) is 0 Å². The van der Waals surface area contributed by atoms with Gasteiger partial charge in [0.1, 0.15) is 11.2 Å². The van der Waals surface area contributed by atoms with Gasteiger partial charge < -0.3 is 4.42 Å². The first-order valence-corrected chi connectivity index (χ1v) is 15.7. The lowest BCUT2D eigenvalue weighted by Gasteiger charge is -2.11. The Morgan fingerprint density at radius 2 is 0.915 bits per heavy atom. The number of furan rings is 1. The molecule has 0 aliphatic heterocycles. The molecule has 0 atom stereocenters. The van der Waals surface area contributed by atoms with E-state index in [4.69, 9.17) is 19.4 Å². The van der Waals surface area contributed by atoms with E-state index in [9.17, 15) is 0 Å². The van der Waals surface area contributed by atoms with Gasteiger partial charge in [0, 0.05) is 21.9 Å². The van der Waals surface area contributed by atoms with Crippen LogP contribution in [0.1, 0.15) is 0 Å². The Morgan fingerprint density at radius 1 is 0.340 bits per heavy atom. The van der Waals surface area contributed by atoms with Crippen LogP contribution >= 0.6 is 0 Å². The summed E-state index contributed by atoms with van der Waals surface area (Å²) >= 11 is 0. The summed E-state index contributed by atoms with van der Waals surface area (Å²) in [4.78, 5) is 15.2. The fraction of sp³-hybridized carbons (Fsp3) is 0. The zero-order chi connectivity index (χ0) is 31.2. The van der Waals surface area contributed by atoms with Gasteiger partial charge in [-0.15, -0.1) is 0 Å². The number of aromatic nitrogens is 3. The molecule has 0 aliphatic carbocycles. The molecule has 0 N–H and O–H groups in total. The monoisotopic (exact) mass is 601 g/mol. The van der Waals surface area contributed by atoms with E-state index in [0.29, 0.717) is 17.5 Å². The van der Waals surface area contributed by atoms with Crippen LogP contribution in [-0.4, -0.2) is 15.0 Å². The highest BCUT2D eigenvalue weighted by molar-refractivity contribution is 6.09. The number of rotatable bonds is 5. The fourth-order valence-corrected chi connectivity index (χ4v) is 6.42. The third-order valence-electron chi connectivity index (χ3n) is 8.75. The Labute approximate surface area is 271 Å². The van der Waals surface area contributed by atoms with Crippen LogP contribution in [0.25, 0.3) is 89.1 Å². The molecule has 4 nitrogen and oxygen atoms in total. The minimum Gasteiger partial charge on any atom is -0.455 e. The molecule has 4 heteroatoms. The Balaban J connectivity index is 1.21. The number of nitrogens with zero attached hydrogens (tertiary/aromatic N) is 3. The maximum Gasteiger partial charge on any atom is 0.167 e. The molecule has 0 unspecified atom stereocenters. The van der Waals surface area contributed by atoms with E-state index in [1.807, 2.05) is 36.4 Å². The summed E-state index contributed by atoms with van der Waals surface area (Å²) in [5.74, 6) is 1.78. The van der Waals surface area contributed by atoms with Crippen molar-refractivity contribution in [2.45, 2.75) is 0 Å². The summed E-state index contributed by atoms with van der Waals surface area (Å²) in [6.45, 7) is 0. The first kappa shape index (κ1) is 27.0. The number of benzene rings is 7. The largest absolute Gasteiger partial charge is 0.455 e. The van der Waals surface area contributed by atoms with E-state index in [0.717, 1.165) is 55.3 Å². The topological polar surface area (TPSA) is 51.8 Å². The van der Waals surface area contributed by atoms with E-state index in [-0.39, 0.29) is 0 Å². The summed E-state index contributed by atoms with van der Waals surface area (Å²) in [6, 6.07) is 56.4. The highest BCUT2D eigenvalue weighted by atomic mass is 16.3. The van der Waals surface area contributed by atoms with Crippen LogP contribution in [0, 0.1) is 0 Å². The quantitative estimate of drug-likeness (QED) is 0.197. The summed E-state index contributed by atoms with van der Waals surface area (Å²) in [7, 11) is 0. The third-order valence-corrected chi connectivity index (χ3v) is 8.75. The Morgan fingerprint density at radius 3 is 1.79 bits per heavy atom. The summed E-state index contributed by atoms with van der Waals surface area (Å²) in [6.07, 6.45) is 0. The lowest BCUT2D eigenvalue weighted by Crippen LogP contribution is -2.00. The Kier molecular flexibility index (Phi) is 6.43. The molecule has 0 radical (unpaired) electrons. The van der Waals surface area contributed by atoms with Crippen molar-refractivity contribution >= 4 is 32.7 Å². The van der Waals surface area contributed by atoms with Crippen LogP contribution in [0.15, 0.2) is 168 Å². The van der Waals surface area contributed by atoms with Crippen LogP contribution in [0.2, 0.25) is 0 Å². The lowest BCUT2D eigenvalue weighted by atomic mass is 9.97. The standard InChI is InChI=1S/C43H27N3O/c1-2-11-28(12-3-1)32-15-8-16-33(27-32)42-44-41(31-25-23-30(24-26-31)35-19-9-14-29-13-4-5-17-34(29)35)45-43(46-42)38-21-10-20-37-36-18-6-7-22-39(36)47-40(37)38/h1-27H. The maximum atomic E-state index is 6.41.